The Kier molecular flexibility index (Phi) is 11.2. The third-order valence-electron chi connectivity index (χ3n) is 7.13. The van der Waals surface area contributed by atoms with Gasteiger partial charge in [-0.15, -0.1) is 0 Å². The lowest BCUT2D eigenvalue weighted by Gasteiger charge is -2.28. The van der Waals surface area contributed by atoms with E-state index >= 15 is 0 Å². The van der Waals surface area contributed by atoms with Crippen LogP contribution in [0.15, 0.2) is 36.4 Å². The highest BCUT2D eigenvalue weighted by Crippen LogP contribution is 2.42. The average molecular weight is 517 g/mol. The molecule has 1 fully saturated rings. The molecule has 1 saturated carbocycles. The molecule has 0 spiro atoms. The van der Waals surface area contributed by atoms with Gasteiger partial charge in [-0.25, -0.2) is 22.0 Å². The standard InChI is InChI=1S/C32H37F5/c1-2-3-4-5-6-7-8-9-10-11-12-24-13-14-26(29(33)23-24)15-16-27-17-18-28(31(35)30(27)34)25-19-21-32(36,37)22-20-25/h11-14,17-18,23,25H,2-10,19-22H2,1H3/b12-11+. The highest BCUT2D eigenvalue weighted by atomic mass is 19.3. The normalized spacial score (nSPS) is 15.6. The number of hydrogen-bond acceptors (Lipinski definition) is 0. The highest BCUT2D eigenvalue weighted by molar-refractivity contribution is 5.53. The molecule has 0 bridgehead atoms. The molecular weight excluding hydrogens is 479 g/mol. The van der Waals surface area contributed by atoms with E-state index in [2.05, 4.69) is 18.8 Å². The van der Waals surface area contributed by atoms with Gasteiger partial charge in [0.05, 0.1) is 11.1 Å². The molecule has 0 N–H and O–H groups in total. The molecule has 5 heteroatoms. The SMILES string of the molecule is CCCCCCCCCC/C=C/c1ccc(C#Cc2ccc(C3CCC(F)(F)CC3)c(F)c2F)c(F)c1. The van der Waals surface area contributed by atoms with Crippen LogP contribution >= 0.6 is 0 Å². The van der Waals surface area contributed by atoms with Crippen LogP contribution in [0.4, 0.5) is 22.0 Å². The summed E-state index contributed by atoms with van der Waals surface area (Å²) in [5.41, 5.74) is 0.741. The average Bonchev–Trinajstić information content (AvgIpc) is 2.87. The maximum atomic E-state index is 14.7. The monoisotopic (exact) mass is 516 g/mol. The topological polar surface area (TPSA) is 0 Å². The second-order valence-corrected chi connectivity index (χ2v) is 10.1. The number of alkyl halides is 2. The van der Waals surface area contributed by atoms with E-state index in [0.717, 1.165) is 18.4 Å². The first-order chi connectivity index (χ1) is 17.8. The number of unbranched alkanes of at least 4 members (excludes halogenated alkanes) is 8. The number of benzene rings is 2. The highest BCUT2D eigenvalue weighted by Gasteiger charge is 2.36. The lowest BCUT2D eigenvalue weighted by molar-refractivity contribution is -0.0384. The summed E-state index contributed by atoms with van der Waals surface area (Å²) in [5.74, 6) is -0.774. The zero-order chi connectivity index (χ0) is 26.7. The summed E-state index contributed by atoms with van der Waals surface area (Å²) in [6, 6.07) is 7.41. The molecular formula is C32H37F5. The van der Waals surface area contributed by atoms with Crippen molar-refractivity contribution in [3.8, 4) is 11.8 Å². The van der Waals surface area contributed by atoms with Crippen LogP contribution in [0.3, 0.4) is 0 Å². The molecule has 2 aromatic carbocycles. The maximum Gasteiger partial charge on any atom is 0.248 e. The van der Waals surface area contributed by atoms with Gasteiger partial charge in [0, 0.05) is 12.8 Å². The first-order valence-corrected chi connectivity index (χ1v) is 13.6. The third-order valence-corrected chi connectivity index (χ3v) is 7.13. The Morgan fingerprint density at radius 1 is 0.811 bits per heavy atom. The van der Waals surface area contributed by atoms with Crippen molar-refractivity contribution >= 4 is 6.08 Å². The van der Waals surface area contributed by atoms with Crippen molar-refractivity contribution < 1.29 is 22.0 Å². The van der Waals surface area contributed by atoms with Crippen LogP contribution in [0.25, 0.3) is 6.08 Å². The van der Waals surface area contributed by atoms with Crippen LogP contribution in [0.5, 0.6) is 0 Å². The fraction of sp³-hybridized carbons (Fsp3) is 0.500. The molecule has 1 aliphatic rings. The zero-order valence-corrected chi connectivity index (χ0v) is 21.7. The van der Waals surface area contributed by atoms with Crippen molar-refractivity contribution in [3.05, 3.63) is 76.1 Å². The zero-order valence-electron chi connectivity index (χ0n) is 21.7. The Bertz CT molecular complexity index is 1100. The van der Waals surface area contributed by atoms with E-state index in [0.29, 0.717) is 0 Å². The van der Waals surface area contributed by atoms with Crippen molar-refractivity contribution in [2.75, 3.05) is 0 Å². The van der Waals surface area contributed by atoms with Gasteiger partial charge < -0.3 is 0 Å². The molecule has 200 valence electrons. The van der Waals surface area contributed by atoms with Gasteiger partial charge in [-0.05, 0) is 60.9 Å². The third kappa shape index (κ3) is 9.02. The molecule has 0 heterocycles. The summed E-state index contributed by atoms with van der Waals surface area (Å²) in [5, 5.41) is 0. The van der Waals surface area contributed by atoms with Gasteiger partial charge in [0.15, 0.2) is 11.6 Å². The quantitative estimate of drug-likeness (QED) is 0.158. The van der Waals surface area contributed by atoms with E-state index in [1.165, 1.54) is 69.2 Å². The van der Waals surface area contributed by atoms with Gasteiger partial charge in [0.1, 0.15) is 5.82 Å². The lowest BCUT2D eigenvalue weighted by Crippen LogP contribution is -2.24. The largest absolute Gasteiger partial charge is 0.248 e. The molecule has 3 rings (SSSR count). The van der Waals surface area contributed by atoms with E-state index in [4.69, 9.17) is 0 Å². The summed E-state index contributed by atoms with van der Waals surface area (Å²) in [7, 11) is 0. The van der Waals surface area contributed by atoms with Crippen LogP contribution in [0.2, 0.25) is 0 Å². The first-order valence-electron chi connectivity index (χ1n) is 13.6. The van der Waals surface area contributed by atoms with Crippen molar-refractivity contribution in [2.24, 2.45) is 0 Å². The summed E-state index contributed by atoms with van der Waals surface area (Å²) in [4.78, 5) is 0. The second-order valence-electron chi connectivity index (χ2n) is 10.1. The molecule has 0 atom stereocenters. The number of halogens is 5. The van der Waals surface area contributed by atoms with Gasteiger partial charge in [0.25, 0.3) is 0 Å². The smallest absolute Gasteiger partial charge is 0.207 e. The van der Waals surface area contributed by atoms with Gasteiger partial charge in [-0.2, -0.15) is 0 Å². The van der Waals surface area contributed by atoms with Crippen molar-refractivity contribution in [2.45, 2.75) is 102 Å². The molecule has 0 nitrogen and oxygen atoms in total. The van der Waals surface area contributed by atoms with Crippen LogP contribution in [-0.2, 0) is 0 Å². The minimum atomic E-state index is -2.74. The summed E-state index contributed by atoms with van der Waals surface area (Å²) < 4.78 is 70.6. The van der Waals surface area contributed by atoms with Crippen LogP contribution in [-0.4, -0.2) is 5.92 Å². The molecule has 37 heavy (non-hydrogen) atoms. The number of hydrogen-bond donors (Lipinski definition) is 0. The Labute approximate surface area is 218 Å². The first kappa shape index (κ1) is 29.0. The molecule has 0 unspecified atom stereocenters. The Morgan fingerprint density at radius 2 is 1.43 bits per heavy atom. The van der Waals surface area contributed by atoms with E-state index in [1.54, 1.807) is 6.07 Å². The number of rotatable bonds is 11. The predicted octanol–water partition coefficient (Wildman–Crippen LogP) is 10.3. The summed E-state index contributed by atoms with van der Waals surface area (Å²) in [6.45, 7) is 2.22. The van der Waals surface area contributed by atoms with E-state index in [-0.39, 0.29) is 42.4 Å². The van der Waals surface area contributed by atoms with E-state index in [1.807, 2.05) is 12.2 Å². The van der Waals surface area contributed by atoms with Crippen molar-refractivity contribution in [1.82, 2.24) is 0 Å². The molecule has 0 amide bonds. The van der Waals surface area contributed by atoms with Gasteiger partial charge in [0.2, 0.25) is 5.92 Å². The van der Waals surface area contributed by atoms with Crippen molar-refractivity contribution in [3.63, 3.8) is 0 Å². The molecule has 0 saturated heterocycles. The molecule has 0 radical (unpaired) electrons. The van der Waals surface area contributed by atoms with Gasteiger partial charge in [-0.3, -0.25) is 0 Å². The van der Waals surface area contributed by atoms with Crippen LogP contribution in [0.1, 0.15) is 119 Å². The predicted molar refractivity (Wildman–Crippen MR) is 141 cm³/mol. The number of allylic oxidation sites excluding steroid dienone is 1. The minimum absolute atomic E-state index is 0.0959. The van der Waals surface area contributed by atoms with Gasteiger partial charge >= 0.3 is 0 Å². The minimum Gasteiger partial charge on any atom is -0.207 e. The Morgan fingerprint density at radius 3 is 2.11 bits per heavy atom. The molecule has 1 aliphatic carbocycles. The fourth-order valence-corrected chi connectivity index (χ4v) is 4.81. The Hall–Kier alpha value is -2.61. The lowest BCUT2D eigenvalue weighted by atomic mass is 9.82. The van der Waals surface area contributed by atoms with E-state index in [9.17, 15) is 22.0 Å². The Balaban J connectivity index is 1.53. The second kappa shape index (κ2) is 14.4. The summed E-state index contributed by atoms with van der Waals surface area (Å²) in [6.07, 6.45) is 14.5. The van der Waals surface area contributed by atoms with Crippen LogP contribution in [0, 0.1) is 29.3 Å². The maximum absolute atomic E-state index is 14.7. The molecule has 0 aliphatic heterocycles. The summed E-state index contributed by atoms with van der Waals surface area (Å²) >= 11 is 0. The molecule has 2 aromatic rings. The van der Waals surface area contributed by atoms with Crippen molar-refractivity contribution in [1.29, 1.82) is 0 Å². The van der Waals surface area contributed by atoms with Crippen LogP contribution < -0.4 is 0 Å². The van der Waals surface area contributed by atoms with Gasteiger partial charge in [-0.1, -0.05) is 88.0 Å². The fourth-order valence-electron chi connectivity index (χ4n) is 4.81. The van der Waals surface area contributed by atoms with E-state index < -0.39 is 29.3 Å². The molecule has 0 aromatic heterocycles.